The van der Waals surface area contributed by atoms with Crippen LogP contribution in [0.4, 0.5) is 14.5 Å². The highest BCUT2D eigenvalue weighted by atomic mass is 19.1. The van der Waals surface area contributed by atoms with Gasteiger partial charge in [0.25, 0.3) is 5.91 Å². The number of nitrogens with one attached hydrogen (secondary N) is 1. The van der Waals surface area contributed by atoms with Crippen LogP contribution in [0.25, 0.3) is 6.08 Å². The van der Waals surface area contributed by atoms with Crippen LogP contribution in [0.1, 0.15) is 19.4 Å². The van der Waals surface area contributed by atoms with Gasteiger partial charge in [-0.25, -0.2) is 13.6 Å². The molecule has 0 saturated carbocycles. The average Bonchev–Trinajstić information content (AvgIpc) is 2.69. The summed E-state index contributed by atoms with van der Waals surface area (Å²) in [5, 5.41) is 2.17. The molecule has 8 heteroatoms. The number of carbonyl (C=O) groups is 2. The van der Waals surface area contributed by atoms with Gasteiger partial charge < -0.3 is 19.5 Å². The van der Waals surface area contributed by atoms with Crippen molar-refractivity contribution < 1.29 is 32.6 Å². The van der Waals surface area contributed by atoms with E-state index in [0.29, 0.717) is 11.5 Å². The summed E-state index contributed by atoms with van der Waals surface area (Å²) < 4.78 is 42.3. The van der Waals surface area contributed by atoms with Crippen molar-refractivity contribution >= 4 is 23.6 Å². The number of amides is 1. The van der Waals surface area contributed by atoms with Crippen LogP contribution >= 0.6 is 0 Å². The van der Waals surface area contributed by atoms with E-state index in [0.717, 1.165) is 23.8 Å². The number of ether oxygens (including phenoxy) is 3. The predicted molar refractivity (Wildman–Crippen MR) is 104 cm³/mol. The molecule has 2 aromatic rings. The fourth-order valence-electron chi connectivity index (χ4n) is 2.35. The second-order valence-corrected chi connectivity index (χ2v) is 5.94. The quantitative estimate of drug-likeness (QED) is 0.673. The Hall–Kier alpha value is -3.42. The van der Waals surface area contributed by atoms with Crippen LogP contribution in [-0.4, -0.2) is 31.7 Å². The molecule has 0 saturated heterocycles. The number of anilines is 1. The van der Waals surface area contributed by atoms with Gasteiger partial charge in [0.2, 0.25) is 0 Å². The highest BCUT2D eigenvalue weighted by Gasteiger charge is 2.20. The first-order valence-corrected chi connectivity index (χ1v) is 8.73. The SMILES string of the molecule is C/C=C/c1ccc(OCC(=O)O[C@H](C)C(=O)Nc2cc(F)ccc2F)c(OC)c1. The third-order valence-electron chi connectivity index (χ3n) is 3.76. The first-order chi connectivity index (χ1) is 13.8. The van der Waals surface area contributed by atoms with E-state index < -0.39 is 36.2 Å². The number of benzene rings is 2. The smallest absolute Gasteiger partial charge is 0.344 e. The van der Waals surface area contributed by atoms with Gasteiger partial charge in [-0.1, -0.05) is 18.2 Å². The molecule has 154 valence electrons. The van der Waals surface area contributed by atoms with Gasteiger partial charge in [-0.15, -0.1) is 0 Å². The highest BCUT2D eigenvalue weighted by Crippen LogP contribution is 2.28. The Kier molecular flexibility index (Phi) is 7.70. The maximum atomic E-state index is 13.6. The van der Waals surface area contributed by atoms with Crippen LogP contribution in [-0.2, 0) is 14.3 Å². The number of hydrogen-bond donors (Lipinski definition) is 1. The third-order valence-corrected chi connectivity index (χ3v) is 3.76. The van der Waals surface area contributed by atoms with Gasteiger partial charge >= 0.3 is 5.97 Å². The van der Waals surface area contributed by atoms with Crippen LogP contribution in [0.5, 0.6) is 11.5 Å². The van der Waals surface area contributed by atoms with Gasteiger partial charge in [0.15, 0.2) is 24.2 Å². The molecule has 0 aliphatic heterocycles. The van der Waals surface area contributed by atoms with Crippen LogP contribution < -0.4 is 14.8 Å². The van der Waals surface area contributed by atoms with E-state index in [4.69, 9.17) is 14.2 Å². The molecule has 6 nitrogen and oxygen atoms in total. The Balaban J connectivity index is 1.91. The standard InChI is InChI=1S/C21H21F2NO5/c1-4-5-14-6-9-18(19(10-14)27-3)28-12-20(25)29-13(2)21(26)24-17-11-15(22)7-8-16(17)23/h4-11,13H,12H2,1-3H3,(H,24,26)/b5-4+/t13-/m1/s1. The number of carbonyl (C=O) groups excluding carboxylic acids is 2. The van der Waals surface area contributed by atoms with Crippen LogP contribution in [0.2, 0.25) is 0 Å². The molecule has 0 spiro atoms. The summed E-state index contributed by atoms with van der Waals surface area (Å²) in [4.78, 5) is 24.0. The van der Waals surface area contributed by atoms with Crippen molar-refractivity contribution in [1.29, 1.82) is 0 Å². The monoisotopic (exact) mass is 405 g/mol. The molecular weight excluding hydrogens is 384 g/mol. The van der Waals surface area contributed by atoms with Gasteiger partial charge in [0, 0.05) is 6.07 Å². The Labute approximate surface area is 167 Å². The van der Waals surface area contributed by atoms with E-state index in [1.165, 1.54) is 14.0 Å². The molecular formula is C21H21F2NO5. The molecule has 0 fully saturated rings. The zero-order valence-electron chi connectivity index (χ0n) is 16.2. The lowest BCUT2D eigenvalue weighted by Crippen LogP contribution is -2.32. The zero-order valence-corrected chi connectivity index (χ0v) is 16.2. The van der Waals surface area contributed by atoms with Crippen molar-refractivity contribution in [2.24, 2.45) is 0 Å². The minimum absolute atomic E-state index is 0.330. The van der Waals surface area contributed by atoms with Crippen molar-refractivity contribution in [2.45, 2.75) is 20.0 Å². The summed E-state index contributed by atoms with van der Waals surface area (Å²) in [6.45, 7) is 2.72. The number of rotatable bonds is 8. The lowest BCUT2D eigenvalue weighted by Gasteiger charge is -2.15. The first-order valence-electron chi connectivity index (χ1n) is 8.73. The lowest BCUT2D eigenvalue weighted by molar-refractivity contribution is -0.155. The maximum absolute atomic E-state index is 13.6. The fraction of sp³-hybridized carbons (Fsp3) is 0.238. The average molecular weight is 405 g/mol. The molecule has 29 heavy (non-hydrogen) atoms. The summed E-state index contributed by atoms with van der Waals surface area (Å²) in [6.07, 6.45) is 2.50. The minimum Gasteiger partial charge on any atom is -0.493 e. The number of hydrogen-bond acceptors (Lipinski definition) is 5. The van der Waals surface area contributed by atoms with Gasteiger partial charge in [0.1, 0.15) is 11.6 Å². The Bertz CT molecular complexity index is 914. The van der Waals surface area contributed by atoms with Gasteiger partial charge in [-0.3, -0.25) is 4.79 Å². The van der Waals surface area contributed by atoms with E-state index in [1.807, 2.05) is 19.1 Å². The first kappa shape index (κ1) is 21.9. The minimum atomic E-state index is -1.24. The number of methoxy groups -OCH3 is 1. The lowest BCUT2D eigenvalue weighted by atomic mass is 10.2. The molecule has 1 N–H and O–H groups in total. The maximum Gasteiger partial charge on any atom is 0.344 e. The van der Waals surface area contributed by atoms with Crippen LogP contribution in [0.15, 0.2) is 42.5 Å². The van der Waals surface area contributed by atoms with E-state index in [9.17, 15) is 18.4 Å². The Morgan fingerprint density at radius 3 is 2.59 bits per heavy atom. The molecule has 2 rings (SSSR count). The summed E-state index contributed by atoms with van der Waals surface area (Å²) in [5.41, 5.74) is 0.550. The van der Waals surface area contributed by atoms with E-state index in [-0.39, 0.29) is 5.69 Å². The van der Waals surface area contributed by atoms with E-state index >= 15 is 0 Å². The van der Waals surface area contributed by atoms with Gasteiger partial charge in [-0.05, 0) is 43.7 Å². The van der Waals surface area contributed by atoms with E-state index in [1.54, 1.807) is 18.2 Å². The number of allylic oxidation sites excluding steroid dienone is 1. The molecule has 1 amide bonds. The second-order valence-electron chi connectivity index (χ2n) is 5.94. The summed E-state index contributed by atoms with van der Waals surface area (Å²) >= 11 is 0. The summed E-state index contributed by atoms with van der Waals surface area (Å²) in [7, 11) is 1.47. The van der Waals surface area contributed by atoms with Crippen LogP contribution in [0, 0.1) is 11.6 Å². The Morgan fingerprint density at radius 2 is 1.90 bits per heavy atom. The molecule has 0 aliphatic carbocycles. The zero-order chi connectivity index (χ0) is 21.4. The molecule has 0 unspecified atom stereocenters. The topological polar surface area (TPSA) is 73.9 Å². The second kappa shape index (κ2) is 10.2. The highest BCUT2D eigenvalue weighted by molar-refractivity contribution is 5.95. The van der Waals surface area contributed by atoms with Gasteiger partial charge in [0.05, 0.1) is 12.8 Å². The van der Waals surface area contributed by atoms with Crippen molar-refractivity contribution in [3.05, 3.63) is 59.7 Å². The Morgan fingerprint density at radius 1 is 1.14 bits per heavy atom. The van der Waals surface area contributed by atoms with Crippen LogP contribution in [0.3, 0.4) is 0 Å². The van der Waals surface area contributed by atoms with Crippen molar-refractivity contribution in [3.63, 3.8) is 0 Å². The van der Waals surface area contributed by atoms with E-state index in [2.05, 4.69) is 5.32 Å². The molecule has 0 bridgehead atoms. The van der Waals surface area contributed by atoms with Crippen molar-refractivity contribution in [3.8, 4) is 11.5 Å². The molecule has 0 aliphatic rings. The molecule has 0 heterocycles. The molecule has 0 aromatic heterocycles. The predicted octanol–water partition coefficient (Wildman–Crippen LogP) is 3.96. The van der Waals surface area contributed by atoms with Crippen molar-refractivity contribution in [1.82, 2.24) is 0 Å². The number of esters is 1. The fourth-order valence-corrected chi connectivity index (χ4v) is 2.35. The number of halogens is 2. The molecule has 2 aromatic carbocycles. The summed E-state index contributed by atoms with van der Waals surface area (Å²) in [5.74, 6) is -2.38. The molecule has 0 radical (unpaired) electrons. The van der Waals surface area contributed by atoms with Crippen molar-refractivity contribution in [2.75, 3.05) is 19.0 Å². The summed E-state index contributed by atoms with van der Waals surface area (Å²) in [6, 6.07) is 7.80. The van der Waals surface area contributed by atoms with Gasteiger partial charge in [-0.2, -0.15) is 0 Å². The largest absolute Gasteiger partial charge is 0.493 e. The normalized spacial score (nSPS) is 11.8. The molecule has 1 atom stereocenters. The third kappa shape index (κ3) is 6.31.